The molecule has 43 heavy (non-hydrogen) atoms. The average Bonchev–Trinajstić information content (AvgIpc) is 3.01. The molecule has 4 radical (unpaired) electrons. The Hall–Kier alpha value is -5.23. The van der Waals surface area contributed by atoms with Crippen LogP contribution in [-0.4, -0.2) is 46.3 Å². The molecule has 8 heteroatoms. The fourth-order valence-electron chi connectivity index (χ4n) is 6.00. The largest absolute Gasteiger partial charge is 0.507 e. The Labute approximate surface area is 250 Å². The molecule has 6 N–H and O–H groups in total. The van der Waals surface area contributed by atoms with Crippen LogP contribution in [0.15, 0.2) is 66.7 Å². The zero-order valence-electron chi connectivity index (χ0n) is 23.7. The lowest BCUT2D eigenvalue weighted by atomic mass is 9.79. The molecule has 0 spiro atoms. The summed E-state index contributed by atoms with van der Waals surface area (Å²) < 4.78 is 0. The van der Waals surface area contributed by atoms with Crippen LogP contribution in [0.5, 0.6) is 34.5 Å². The third-order valence-electron chi connectivity index (χ3n) is 8.39. The van der Waals surface area contributed by atoms with Crippen LogP contribution in [0.2, 0.25) is 0 Å². The van der Waals surface area contributed by atoms with Gasteiger partial charge in [0.2, 0.25) is 0 Å². The van der Waals surface area contributed by atoms with E-state index in [-0.39, 0.29) is 44.7 Å². The van der Waals surface area contributed by atoms with Crippen molar-refractivity contribution in [2.75, 3.05) is 0 Å². The molecule has 6 aromatic rings. The number of phenols is 6. The Balaban J connectivity index is 1.82. The Bertz CT molecular complexity index is 1950. The van der Waals surface area contributed by atoms with Gasteiger partial charge < -0.3 is 30.6 Å². The molecule has 0 amide bonds. The summed E-state index contributed by atoms with van der Waals surface area (Å²) in [5.41, 5.74) is 3.01. The third kappa shape index (κ3) is 4.05. The van der Waals surface area contributed by atoms with E-state index in [2.05, 4.69) is 6.92 Å². The lowest BCUT2D eigenvalue weighted by Gasteiger charge is -2.21. The van der Waals surface area contributed by atoms with E-state index < -0.39 is 23.0 Å². The highest BCUT2D eigenvalue weighted by molar-refractivity contribution is 6.40. The van der Waals surface area contributed by atoms with Gasteiger partial charge in [0.15, 0.2) is 23.0 Å². The molecule has 0 unspecified atom stereocenters. The summed E-state index contributed by atoms with van der Waals surface area (Å²) in [4.78, 5) is 0. The highest BCUT2D eigenvalue weighted by atomic mass is 16.3. The van der Waals surface area contributed by atoms with Crippen molar-refractivity contribution in [3.63, 3.8) is 0 Å². The van der Waals surface area contributed by atoms with Crippen molar-refractivity contribution in [3.05, 3.63) is 83.4 Å². The lowest BCUT2D eigenvalue weighted by molar-refractivity contribution is 0.396. The van der Waals surface area contributed by atoms with Gasteiger partial charge in [0.25, 0.3) is 0 Å². The van der Waals surface area contributed by atoms with Crippen molar-refractivity contribution in [2.45, 2.75) is 20.8 Å². The van der Waals surface area contributed by atoms with E-state index in [0.29, 0.717) is 16.7 Å². The van der Waals surface area contributed by atoms with Crippen LogP contribution in [-0.2, 0) is 0 Å². The van der Waals surface area contributed by atoms with Gasteiger partial charge in [-0.2, -0.15) is 0 Å². The van der Waals surface area contributed by atoms with E-state index in [4.69, 9.17) is 15.7 Å². The van der Waals surface area contributed by atoms with Gasteiger partial charge in [-0.15, -0.1) is 0 Å². The van der Waals surface area contributed by atoms with Crippen molar-refractivity contribution in [2.24, 2.45) is 0 Å². The van der Waals surface area contributed by atoms with Crippen LogP contribution in [0.3, 0.4) is 0 Å². The van der Waals surface area contributed by atoms with Gasteiger partial charge in [-0.3, -0.25) is 0 Å². The van der Waals surface area contributed by atoms with E-state index >= 15 is 0 Å². The molecule has 0 saturated heterocycles. The predicted molar refractivity (Wildman–Crippen MR) is 173 cm³/mol. The molecule has 0 fully saturated rings. The van der Waals surface area contributed by atoms with E-state index in [1.54, 1.807) is 18.2 Å². The number of aryl methyl sites for hydroxylation is 1. The van der Waals surface area contributed by atoms with Crippen LogP contribution in [0.1, 0.15) is 16.7 Å². The molecular formula is C35H26B2O6. The Kier molecular flexibility index (Phi) is 6.46. The zero-order chi connectivity index (χ0) is 30.9. The highest BCUT2D eigenvalue weighted by Crippen LogP contribution is 2.47. The fourth-order valence-corrected chi connectivity index (χ4v) is 6.00. The van der Waals surface area contributed by atoms with Gasteiger partial charge in [0, 0.05) is 22.3 Å². The molecule has 0 bridgehead atoms. The minimum Gasteiger partial charge on any atom is -0.507 e. The van der Waals surface area contributed by atoms with Gasteiger partial charge in [0.05, 0.1) is 0 Å². The summed E-state index contributed by atoms with van der Waals surface area (Å²) >= 11 is 0. The smallest absolute Gasteiger partial charge is 0.163 e. The number of rotatable bonds is 3. The first-order chi connectivity index (χ1) is 20.4. The first-order valence-electron chi connectivity index (χ1n) is 13.6. The van der Waals surface area contributed by atoms with E-state index in [1.165, 1.54) is 13.8 Å². The lowest BCUT2D eigenvalue weighted by Crippen LogP contribution is -2.11. The maximum atomic E-state index is 11.2. The minimum absolute atomic E-state index is 0.0281. The quantitative estimate of drug-likeness (QED) is 0.0706. The molecule has 0 heterocycles. The molecule has 0 aliphatic rings. The zero-order valence-corrected chi connectivity index (χ0v) is 23.7. The predicted octanol–water partition coefficient (Wildman–Crippen LogP) is 5.74. The number of benzene rings is 6. The summed E-state index contributed by atoms with van der Waals surface area (Å²) in [6, 6.07) is 21.1. The van der Waals surface area contributed by atoms with Crippen LogP contribution in [0.25, 0.3) is 54.9 Å². The summed E-state index contributed by atoms with van der Waals surface area (Å²) in [7, 11) is 12.5. The maximum absolute atomic E-state index is 11.2. The molecule has 0 aliphatic carbocycles. The number of fused-ring (bicyclic) bond motifs is 2. The molecule has 0 aliphatic heterocycles. The van der Waals surface area contributed by atoms with Crippen molar-refractivity contribution in [3.8, 4) is 67.9 Å². The molecule has 0 aromatic heterocycles. The second-order valence-corrected chi connectivity index (χ2v) is 10.8. The van der Waals surface area contributed by atoms with Crippen molar-refractivity contribution >= 4 is 48.2 Å². The van der Waals surface area contributed by atoms with Gasteiger partial charge >= 0.3 is 0 Å². The van der Waals surface area contributed by atoms with Crippen LogP contribution < -0.4 is 10.9 Å². The maximum Gasteiger partial charge on any atom is 0.163 e. The molecule has 208 valence electrons. The standard InChI is InChI=1S/C35H26B2O6/c1-15-21-8-4-6-10-23(21)25(24-11-7-5-9-22(15)24)18-12-19(26-28(36)34(42)32(40)16(2)30(26)38)14-20(13-18)27-29(37)35(43)33(41)17(3)31(27)39/h4-14,38-43H,1-3H3. The van der Waals surface area contributed by atoms with Gasteiger partial charge in [-0.05, 0) is 99.3 Å². The molecule has 0 saturated carbocycles. The van der Waals surface area contributed by atoms with Crippen molar-refractivity contribution in [1.29, 1.82) is 0 Å². The third-order valence-corrected chi connectivity index (χ3v) is 8.39. The summed E-state index contributed by atoms with van der Waals surface area (Å²) in [5, 5.41) is 68.2. The summed E-state index contributed by atoms with van der Waals surface area (Å²) in [6.45, 7) is 4.96. The number of hydrogen-bond donors (Lipinski definition) is 6. The normalized spacial score (nSPS) is 11.4. The van der Waals surface area contributed by atoms with Gasteiger partial charge in [-0.25, -0.2) is 0 Å². The minimum atomic E-state index is -0.580. The summed E-state index contributed by atoms with van der Waals surface area (Å²) in [6.07, 6.45) is 0. The molecule has 6 rings (SSSR count). The van der Waals surface area contributed by atoms with Crippen LogP contribution in [0.4, 0.5) is 0 Å². The SMILES string of the molecule is [B]c1c(O)c(O)c(C)c(O)c1-c1cc(-c2c([B])c(O)c(O)c(C)c2O)cc(-c2c3ccccc3c(C)c3ccccc23)c1. The van der Waals surface area contributed by atoms with Crippen LogP contribution >= 0.6 is 0 Å². The molecule has 6 aromatic carbocycles. The summed E-state index contributed by atoms with van der Waals surface area (Å²) in [5.74, 6) is -2.90. The number of phenolic OH excluding ortho intramolecular Hbond substituents is 6. The number of aromatic hydroxyl groups is 6. The second-order valence-electron chi connectivity index (χ2n) is 10.8. The first-order valence-corrected chi connectivity index (χ1v) is 13.6. The monoisotopic (exact) mass is 564 g/mol. The van der Waals surface area contributed by atoms with E-state index in [9.17, 15) is 30.6 Å². The van der Waals surface area contributed by atoms with E-state index in [0.717, 1.165) is 32.7 Å². The Morgan fingerprint density at radius 2 is 0.721 bits per heavy atom. The number of hydrogen-bond acceptors (Lipinski definition) is 6. The Morgan fingerprint density at radius 1 is 0.395 bits per heavy atom. The fraction of sp³-hybridized carbons (Fsp3) is 0.0857. The van der Waals surface area contributed by atoms with Crippen molar-refractivity contribution in [1.82, 2.24) is 0 Å². The van der Waals surface area contributed by atoms with Crippen molar-refractivity contribution < 1.29 is 30.6 Å². The van der Waals surface area contributed by atoms with Crippen LogP contribution in [0, 0.1) is 20.8 Å². The highest BCUT2D eigenvalue weighted by Gasteiger charge is 2.24. The first kappa shape index (κ1) is 27.9. The van der Waals surface area contributed by atoms with E-state index in [1.807, 2.05) is 48.5 Å². The molecule has 0 atom stereocenters. The van der Waals surface area contributed by atoms with Gasteiger partial charge in [0.1, 0.15) is 27.2 Å². The second kappa shape index (κ2) is 9.95. The molecular weight excluding hydrogens is 538 g/mol. The molecule has 6 nitrogen and oxygen atoms in total. The van der Waals surface area contributed by atoms with Gasteiger partial charge in [-0.1, -0.05) is 48.5 Å². The average molecular weight is 564 g/mol. The topological polar surface area (TPSA) is 121 Å². The Morgan fingerprint density at radius 3 is 1.09 bits per heavy atom.